The van der Waals surface area contributed by atoms with Crippen LogP contribution in [0.25, 0.3) is 0 Å². The topological polar surface area (TPSA) is 45.2 Å². The first kappa shape index (κ1) is 14.5. The number of likely N-dealkylation sites (N-methyl/N-ethyl adjacent to an activating group) is 1. The van der Waals surface area contributed by atoms with E-state index in [1.54, 1.807) is 22.4 Å². The third kappa shape index (κ3) is 4.35. The number of amides is 2. The molecule has 4 nitrogen and oxygen atoms in total. The highest BCUT2D eigenvalue weighted by Crippen LogP contribution is 2.09. The van der Waals surface area contributed by atoms with Gasteiger partial charge in [0.05, 0.1) is 0 Å². The van der Waals surface area contributed by atoms with Gasteiger partial charge in [0.25, 0.3) is 0 Å². The zero-order valence-electron chi connectivity index (χ0n) is 11.8. The van der Waals surface area contributed by atoms with E-state index in [0.717, 1.165) is 24.2 Å². The molecule has 0 radical (unpaired) electrons. The molecule has 2 rings (SSSR count). The van der Waals surface area contributed by atoms with Crippen molar-refractivity contribution >= 4 is 17.4 Å². The molecule has 0 saturated heterocycles. The predicted octanol–water partition coefficient (Wildman–Crippen LogP) is 2.84. The molecule has 0 bridgehead atoms. The van der Waals surface area contributed by atoms with Crippen LogP contribution in [0, 0.1) is 6.92 Å². The second kappa shape index (κ2) is 7.05. The van der Waals surface area contributed by atoms with Crippen LogP contribution in [-0.4, -0.2) is 29.5 Å². The third-order valence-electron chi connectivity index (χ3n) is 3.04. The number of urea groups is 1. The molecule has 0 aliphatic heterocycles. The van der Waals surface area contributed by atoms with Gasteiger partial charge < -0.3 is 10.2 Å². The number of nitrogens with zero attached hydrogens (tertiary/aromatic N) is 2. The Balaban J connectivity index is 1.74. The zero-order valence-corrected chi connectivity index (χ0v) is 12.6. The van der Waals surface area contributed by atoms with E-state index in [1.165, 1.54) is 4.88 Å². The van der Waals surface area contributed by atoms with Gasteiger partial charge in [0.15, 0.2) is 0 Å². The Morgan fingerprint density at radius 2 is 2.25 bits per heavy atom. The minimum Gasteiger partial charge on any atom is -0.334 e. The maximum absolute atomic E-state index is 11.9. The summed E-state index contributed by atoms with van der Waals surface area (Å²) >= 11 is 1.72. The van der Waals surface area contributed by atoms with Crippen molar-refractivity contribution in [3.63, 3.8) is 0 Å². The highest BCUT2D eigenvalue weighted by atomic mass is 32.1. The van der Waals surface area contributed by atoms with Crippen LogP contribution in [-0.2, 0) is 13.0 Å². The first-order valence-corrected chi connectivity index (χ1v) is 7.46. The molecule has 0 aromatic carbocycles. The molecule has 2 amide bonds. The second-order valence-corrected chi connectivity index (χ2v) is 5.75. The first-order chi connectivity index (χ1) is 9.65. The van der Waals surface area contributed by atoms with E-state index in [4.69, 9.17) is 0 Å². The van der Waals surface area contributed by atoms with Gasteiger partial charge in [0.1, 0.15) is 0 Å². The van der Waals surface area contributed by atoms with Crippen LogP contribution >= 0.6 is 11.3 Å². The Labute approximate surface area is 123 Å². The van der Waals surface area contributed by atoms with Crippen LogP contribution in [0.15, 0.2) is 35.8 Å². The second-order valence-electron chi connectivity index (χ2n) is 4.72. The molecule has 1 N–H and O–H groups in total. The predicted molar refractivity (Wildman–Crippen MR) is 81.9 cm³/mol. The maximum atomic E-state index is 11.9. The summed E-state index contributed by atoms with van der Waals surface area (Å²) in [4.78, 5) is 19.2. The maximum Gasteiger partial charge on any atom is 0.317 e. The molecule has 20 heavy (non-hydrogen) atoms. The number of thiophene rings is 1. The SMILES string of the molecule is Cc1ccc(CNC(=O)N(C)CCc2cccs2)cn1. The Bertz CT molecular complexity index is 537. The van der Waals surface area contributed by atoms with Gasteiger partial charge in [0, 0.05) is 36.9 Å². The minimum absolute atomic E-state index is 0.0536. The van der Waals surface area contributed by atoms with Crippen molar-refractivity contribution in [2.75, 3.05) is 13.6 Å². The molecular weight excluding hydrogens is 270 g/mol. The van der Waals surface area contributed by atoms with Crippen LogP contribution in [0.3, 0.4) is 0 Å². The van der Waals surface area contributed by atoms with E-state index in [1.807, 2.05) is 32.2 Å². The largest absolute Gasteiger partial charge is 0.334 e. The van der Waals surface area contributed by atoms with Gasteiger partial charge in [-0.2, -0.15) is 0 Å². The Morgan fingerprint density at radius 3 is 2.90 bits per heavy atom. The van der Waals surface area contributed by atoms with Gasteiger partial charge in [-0.15, -0.1) is 11.3 Å². The standard InChI is InChI=1S/C15H19N3OS/c1-12-5-6-13(10-16-12)11-17-15(19)18(2)8-7-14-4-3-9-20-14/h3-6,9-10H,7-8,11H2,1-2H3,(H,17,19). The number of aryl methyl sites for hydroxylation is 1. The summed E-state index contributed by atoms with van der Waals surface area (Å²) in [7, 11) is 1.82. The fraction of sp³-hybridized carbons (Fsp3) is 0.333. The van der Waals surface area contributed by atoms with E-state index < -0.39 is 0 Å². The number of hydrogen-bond acceptors (Lipinski definition) is 3. The minimum atomic E-state index is -0.0536. The molecule has 0 aliphatic carbocycles. The van der Waals surface area contributed by atoms with Crippen molar-refractivity contribution in [2.24, 2.45) is 0 Å². The molecule has 0 fully saturated rings. The van der Waals surface area contributed by atoms with E-state index in [9.17, 15) is 4.79 Å². The van der Waals surface area contributed by atoms with E-state index >= 15 is 0 Å². The lowest BCUT2D eigenvalue weighted by Crippen LogP contribution is -2.37. The summed E-state index contributed by atoms with van der Waals surface area (Å²) in [6.45, 7) is 3.18. The van der Waals surface area contributed by atoms with Crippen LogP contribution < -0.4 is 5.32 Å². The summed E-state index contributed by atoms with van der Waals surface area (Å²) in [6, 6.07) is 8.00. The van der Waals surface area contributed by atoms with Crippen molar-refractivity contribution in [3.8, 4) is 0 Å². The number of carbonyl (C=O) groups is 1. The molecule has 106 valence electrons. The Morgan fingerprint density at radius 1 is 1.40 bits per heavy atom. The van der Waals surface area contributed by atoms with Gasteiger partial charge in [0.2, 0.25) is 0 Å². The lowest BCUT2D eigenvalue weighted by atomic mass is 10.2. The average molecular weight is 289 g/mol. The highest BCUT2D eigenvalue weighted by Gasteiger charge is 2.08. The lowest BCUT2D eigenvalue weighted by molar-refractivity contribution is 0.209. The van der Waals surface area contributed by atoms with Crippen LogP contribution in [0.2, 0.25) is 0 Å². The van der Waals surface area contributed by atoms with Gasteiger partial charge in [-0.05, 0) is 36.4 Å². The molecule has 0 spiro atoms. The summed E-state index contributed by atoms with van der Waals surface area (Å²) in [5, 5.41) is 4.95. The van der Waals surface area contributed by atoms with Crippen molar-refractivity contribution in [2.45, 2.75) is 19.9 Å². The Hall–Kier alpha value is -1.88. The van der Waals surface area contributed by atoms with E-state index in [-0.39, 0.29) is 6.03 Å². The van der Waals surface area contributed by atoms with Gasteiger partial charge >= 0.3 is 6.03 Å². The van der Waals surface area contributed by atoms with Crippen molar-refractivity contribution in [1.82, 2.24) is 15.2 Å². The number of rotatable bonds is 5. The fourth-order valence-corrected chi connectivity index (χ4v) is 2.45. The number of nitrogens with one attached hydrogen (secondary N) is 1. The molecule has 2 aromatic rings. The summed E-state index contributed by atoms with van der Waals surface area (Å²) in [5.41, 5.74) is 1.99. The zero-order chi connectivity index (χ0) is 14.4. The fourth-order valence-electron chi connectivity index (χ4n) is 1.75. The number of hydrogen-bond donors (Lipinski definition) is 1. The molecule has 0 unspecified atom stereocenters. The molecule has 0 atom stereocenters. The molecule has 2 heterocycles. The molecule has 5 heteroatoms. The van der Waals surface area contributed by atoms with E-state index in [0.29, 0.717) is 6.54 Å². The van der Waals surface area contributed by atoms with Crippen molar-refractivity contribution in [1.29, 1.82) is 0 Å². The molecule has 0 aliphatic rings. The quantitative estimate of drug-likeness (QED) is 0.920. The van der Waals surface area contributed by atoms with Gasteiger partial charge in [-0.3, -0.25) is 4.98 Å². The smallest absolute Gasteiger partial charge is 0.317 e. The Kier molecular flexibility index (Phi) is 5.12. The third-order valence-corrected chi connectivity index (χ3v) is 3.97. The molecule has 2 aromatic heterocycles. The van der Waals surface area contributed by atoms with Crippen LogP contribution in [0.4, 0.5) is 4.79 Å². The van der Waals surface area contributed by atoms with Crippen molar-refractivity contribution in [3.05, 3.63) is 52.0 Å². The average Bonchev–Trinajstić information content (AvgIpc) is 2.97. The van der Waals surface area contributed by atoms with Gasteiger partial charge in [-0.25, -0.2) is 4.79 Å². The first-order valence-electron chi connectivity index (χ1n) is 6.58. The van der Waals surface area contributed by atoms with Crippen molar-refractivity contribution < 1.29 is 4.79 Å². The van der Waals surface area contributed by atoms with Crippen LogP contribution in [0.1, 0.15) is 16.1 Å². The van der Waals surface area contributed by atoms with Gasteiger partial charge in [-0.1, -0.05) is 12.1 Å². The summed E-state index contributed by atoms with van der Waals surface area (Å²) in [6.07, 6.45) is 2.69. The monoisotopic (exact) mass is 289 g/mol. The number of carbonyl (C=O) groups excluding carboxylic acids is 1. The van der Waals surface area contributed by atoms with Crippen LogP contribution in [0.5, 0.6) is 0 Å². The number of pyridine rings is 1. The molecular formula is C15H19N3OS. The summed E-state index contributed by atoms with van der Waals surface area (Å²) < 4.78 is 0. The number of aromatic nitrogens is 1. The lowest BCUT2D eigenvalue weighted by Gasteiger charge is -2.17. The van der Waals surface area contributed by atoms with E-state index in [2.05, 4.69) is 21.7 Å². The highest BCUT2D eigenvalue weighted by molar-refractivity contribution is 7.09. The molecule has 0 saturated carbocycles. The normalized spacial score (nSPS) is 10.3. The summed E-state index contributed by atoms with van der Waals surface area (Å²) in [5.74, 6) is 0.